The van der Waals surface area contributed by atoms with Crippen molar-refractivity contribution in [2.75, 3.05) is 0 Å². The third-order valence-corrected chi connectivity index (χ3v) is 2.77. The van der Waals surface area contributed by atoms with E-state index in [-0.39, 0.29) is 9.93 Å². The number of halogens is 4. The summed E-state index contributed by atoms with van der Waals surface area (Å²) in [6, 6.07) is 0. The molecule has 0 aliphatic rings. The fourth-order valence-corrected chi connectivity index (χ4v) is 1.74. The summed E-state index contributed by atoms with van der Waals surface area (Å²) in [4.78, 5) is 13.9. The van der Waals surface area contributed by atoms with Crippen LogP contribution in [0.2, 0.25) is 0 Å². The maximum absolute atomic E-state index is 12.3. The number of hydrogen-bond acceptors (Lipinski definition) is 1. The van der Waals surface area contributed by atoms with Crippen LogP contribution in [0.25, 0.3) is 0 Å². The number of nitrogens with one attached hydrogen (secondary N) is 1. The number of hydrogen-bond donors (Lipinski definition) is 1. The van der Waals surface area contributed by atoms with Crippen LogP contribution in [-0.4, -0.2) is 4.98 Å². The van der Waals surface area contributed by atoms with Crippen LogP contribution in [0.4, 0.5) is 8.78 Å². The Morgan fingerprint density at radius 2 is 2.15 bits per heavy atom. The first-order valence-electron chi connectivity index (χ1n) is 3.32. The van der Waals surface area contributed by atoms with Gasteiger partial charge in [-0.1, -0.05) is 15.9 Å². The van der Waals surface area contributed by atoms with Crippen molar-refractivity contribution in [3.05, 3.63) is 32.2 Å². The molecule has 0 saturated carbocycles. The molecule has 0 fully saturated rings. The molecule has 13 heavy (non-hydrogen) atoms. The van der Waals surface area contributed by atoms with E-state index in [1.54, 1.807) is 0 Å². The molecule has 0 spiro atoms. The van der Waals surface area contributed by atoms with Crippen LogP contribution in [0.5, 0.6) is 0 Å². The topological polar surface area (TPSA) is 32.9 Å². The maximum atomic E-state index is 12.3. The second-order valence-corrected chi connectivity index (χ2v) is 3.66. The van der Waals surface area contributed by atoms with Crippen LogP contribution in [0.1, 0.15) is 17.6 Å². The molecular weight excluding hydrogens is 312 g/mol. The van der Waals surface area contributed by atoms with Gasteiger partial charge in [-0.25, -0.2) is 8.78 Å². The first-order chi connectivity index (χ1) is 6.07. The number of aromatic nitrogens is 1. The van der Waals surface area contributed by atoms with E-state index in [0.717, 1.165) is 0 Å². The normalized spacial score (nSPS) is 10.8. The molecule has 0 atom stereocenters. The van der Waals surface area contributed by atoms with Gasteiger partial charge in [-0.05, 0) is 15.9 Å². The predicted molar refractivity (Wildman–Crippen MR) is 52.4 cm³/mol. The van der Waals surface area contributed by atoms with Crippen LogP contribution >= 0.6 is 31.9 Å². The first-order valence-corrected chi connectivity index (χ1v) is 5.23. The maximum Gasteiger partial charge on any atom is 0.270 e. The standard InChI is InChI=1S/C7H5Br2F2NO/c8-1-3-2-12-6(9)4(5(3)13)7(10)11/h2,7H,1H2,(H,12,13). The quantitative estimate of drug-likeness (QED) is 0.660. The monoisotopic (exact) mass is 315 g/mol. The molecule has 0 unspecified atom stereocenters. The SMILES string of the molecule is O=c1c(CBr)c[nH]c(Br)c1C(F)F. The highest BCUT2D eigenvalue weighted by atomic mass is 79.9. The van der Waals surface area contributed by atoms with Gasteiger partial charge in [0.1, 0.15) is 0 Å². The highest BCUT2D eigenvalue weighted by Gasteiger charge is 2.18. The lowest BCUT2D eigenvalue weighted by Gasteiger charge is -2.03. The lowest BCUT2D eigenvalue weighted by Crippen LogP contribution is -2.15. The van der Waals surface area contributed by atoms with Gasteiger partial charge in [-0.15, -0.1) is 0 Å². The Balaban J connectivity index is 3.39. The molecule has 2 nitrogen and oxygen atoms in total. The Labute approximate surface area is 89.6 Å². The Bertz CT molecular complexity index is 364. The van der Waals surface area contributed by atoms with Crippen molar-refractivity contribution in [2.24, 2.45) is 0 Å². The number of alkyl halides is 3. The van der Waals surface area contributed by atoms with Crippen LogP contribution in [-0.2, 0) is 5.33 Å². The van der Waals surface area contributed by atoms with Crippen molar-refractivity contribution in [1.82, 2.24) is 4.98 Å². The highest BCUT2D eigenvalue weighted by molar-refractivity contribution is 9.10. The molecular formula is C7H5Br2F2NO. The minimum Gasteiger partial charge on any atom is -0.355 e. The molecule has 0 aliphatic carbocycles. The number of rotatable bonds is 2. The molecule has 1 heterocycles. The van der Waals surface area contributed by atoms with E-state index in [9.17, 15) is 13.6 Å². The molecule has 0 bridgehead atoms. The zero-order valence-corrected chi connectivity index (χ0v) is 9.45. The summed E-state index contributed by atoms with van der Waals surface area (Å²) in [5.74, 6) is 0. The van der Waals surface area contributed by atoms with Gasteiger partial charge in [0.25, 0.3) is 6.43 Å². The molecule has 0 aromatic carbocycles. The molecule has 72 valence electrons. The summed E-state index contributed by atoms with van der Waals surface area (Å²) < 4.78 is 24.7. The molecule has 1 N–H and O–H groups in total. The van der Waals surface area contributed by atoms with Gasteiger partial charge in [0, 0.05) is 17.1 Å². The van der Waals surface area contributed by atoms with E-state index in [0.29, 0.717) is 5.56 Å². The molecule has 1 aromatic heterocycles. The summed E-state index contributed by atoms with van der Waals surface area (Å²) in [7, 11) is 0. The molecule has 0 radical (unpaired) electrons. The second kappa shape index (κ2) is 4.32. The van der Waals surface area contributed by atoms with Crippen molar-refractivity contribution in [2.45, 2.75) is 11.8 Å². The third-order valence-electron chi connectivity index (χ3n) is 1.51. The van der Waals surface area contributed by atoms with Crippen molar-refractivity contribution in [3.8, 4) is 0 Å². The van der Waals surface area contributed by atoms with Crippen LogP contribution in [0.15, 0.2) is 15.6 Å². The summed E-state index contributed by atoms with van der Waals surface area (Å²) in [5.41, 5.74) is -0.854. The summed E-state index contributed by atoms with van der Waals surface area (Å²) in [5, 5.41) is 0.259. The average molecular weight is 317 g/mol. The number of H-pyrrole nitrogens is 1. The fourth-order valence-electron chi connectivity index (χ4n) is 0.861. The largest absolute Gasteiger partial charge is 0.355 e. The Morgan fingerprint density at radius 3 is 2.62 bits per heavy atom. The van der Waals surface area contributed by atoms with Crippen molar-refractivity contribution < 1.29 is 8.78 Å². The van der Waals surface area contributed by atoms with E-state index in [1.165, 1.54) is 6.20 Å². The molecule has 0 saturated heterocycles. The summed E-state index contributed by atoms with van der Waals surface area (Å²) in [6.07, 6.45) is -1.37. The van der Waals surface area contributed by atoms with E-state index >= 15 is 0 Å². The lowest BCUT2D eigenvalue weighted by molar-refractivity contribution is 0.148. The van der Waals surface area contributed by atoms with Gasteiger partial charge in [0.2, 0.25) is 0 Å². The number of pyridine rings is 1. The van der Waals surface area contributed by atoms with Crippen LogP contribution in [0, 0.1) is 0 Å². The van der Waals surface area contributed by atoms with E-state index in [2.05, 4.69) is 36.8 Å². The van der Waals surface area contributed by atoms with Crippen LogP contribution < -0.4 is 5.43 Å². The Morgan fingerprint density at radius 1 is 1.54 bits per heavy atom. The minimum absolute atomic E-state index is 0.0391. The molecule has 1 aromatic rings. The third kappa shape index (κ3) is 2.17. The highest BCUT2D eigenvalue weighted by Crippen LogP contribution is 2.22. The molecule has 0 amide bonds. The van der Waals surface area contributed by atoms with Crippen LogP contribution in [0.3, 0.4) is 0 Å². The van der Waals surface area contributed by atoms with Gasteiger partial charge in [-0.2, -0.15) is 0 Å². The number of aromatic amines is 1. The second-order valence-electron chi connectivity index (χ2n) is 2.31. The van der Waals surface area contributed by atoms with Gasteiger partial charge in [0.05, 0.1) is 10.2 Å². The Hall–Kier alpha value is -0.230. The van der Waals surface area contributed by atoms with E-state index in [4.69, 9.17) is 0 Å². The predicted octanol–water partition coefficient (Wildman–Crippen LogP) is 2.97. The molecule has 1 rings (SSSR count). The van der Waals surface area contributed by atoms with Gasteiger partial charge in [-0.3, -0.25) is 4.79 Å². The molecule has 0 aliphatic heterocycles. The average Bonchev–Trinajstić information content (AvgIpc) is 2.04. The summed E-state index contributed by atoms with van der Waals surface area (Å²) in [6.45, 7) is 0. The molecule has 6 heteroatoms. The van der Waals surface area contributed by atoms with E-state index in [1.807, 2.05) is 0 Å². The zero-order chi connectivity index (χ0) is 10.0. The zero-order valence-electron chi connectivity index (χ0n) is 6.28. The minimum atomic E-state index is -2.77. The Kier molecular flexibility index (Phi) is 3.61. The fraction of sp³-hybridized carbons (Fsp3) is 0.286. The smallest absolute Gasteiger partial charge is 0.270 e. The first kappa shape index (κ1) is 10.8. The van der Waals surface area contributed by atoms with Crippen molar-refractivity contribution in [3.63, 3.8) is 0 Å². The van der Waals surface area contributed by atoms with Crippen molar-refractivity contribution in [1.29, 1.82) is 0 Å². The lowest BCUT2D eigenvalue weighted by atomic mass is 10.2. The van der Waals surface area contributed by atoms with E-state index < -0.39 is 17.4 Å². The van der Waals surface area contributed by atoms with Gasteiger partial charge < -0.3 is 4.98 Å². The van der Waals surface area contributed by atoms with Crippen molar-refractivity contribution >= 4 is 31.9 Å². The van der Waals surface area contributed by atoms with Gasteiger partial charge >= 0.3 is 0 Å². The van der Waals surface area contributed by atoms with Gasteiger partial charge in [0.15, 0.2) is 5.43 Å². The summed E-state index contributed by atoms with van der Waals surface area (Å²) >= 11 is 5.90.